The van der Waals surface area contributed by atoms with Crippen LogP contribution in [-0.2, 0) is 9.53 Å². The molecule has 2 bridgehead atoms. The number of allylic oxidation sites excluding steroid dienone is 1. The van der Waals surface area contributed by atoms with E-state index in [2.05, 4.69) is 47.7 Å². The fourth-order valence-electron chi connectivity index (χ4n) is 5.87. The molecule has 5 rings (SSSR count). The lowest BCUT2D eigenvalue weighted by atomic mass is 9.79. The molecule has 4 heteroatoms. The Morgan fingerprint density at radius 1 is 1.29 bits per heavy atom. The van der Waals surface area contributed by atoms with Gasteiger partial charge in [-0.15, -0.1) is 0 Å². The summed E-state index contributed by atoms with van der Waals surface area (Å²) in [6, 6.07) is 10.4. The number of carbonyl (C=O) groups is 1. The van der Waals surface area contributed by atoms with E-state index >= 15 is 0 Å². The van der Waals surface area contributed by atoms with Crippen LogP contribution in [0.3, 0.4) is 0 Å². The largest absolute Gasteiger partial charge is 0.369 e. The molecule has 0 unspecified atom stereocenters. The van der Waals surface area contributed by atoms with E-state index in [9.17, 15) is 4.79 Å². The smallest absolute Gasteiger partial charge is 0.224 e. The maximum atomic E-state index is 12.6. The number of carbonyl (C=O) groups excluding carboxylic acids is 1. The van der Waals surface area contributed by atoms with Crippen molar-refractivity contribution in [3.8, 4) is 0 Å². The Balaban J connectivity index is 1.53. The zero-order valence-electron chi connectivity index (χ0n) is 13.9. The van der Waals surface area contributed by atoms with Gasteiger partial charge in [-0.3, -0.25) is 4.79 Å². The number of alkyl halides is 1. The van der Waals surface area contributed by atoms with E-state index in [4.69, 9.17) is 4.74 Å². The van der Waals surface area contributed by atoms with Crippen molar-refractivity contribution >= 4 is 28.5 Å². The normalized spacial score (nSPS) is 42.3. The highest BCUT2D eigenvalue weighted by Crippen LogP contribution is 2.66. The highest BCUT2D eigenvalue weighted by molar-refractivity contribution is 14.1. The Labute approximate surface area is 156 Å². The molecule has 3 aliphatic carbocycles. The van der Waals surface area contributed by atoms with Crippen molar-refractivity contribution in [3.63, 3.8) is 0 Å². The van der Waals surface area contributed by atoms with E-state index in [1.54, 1.807) is 6.92 Å². The number of amides is 1. The van der Waals surface area contributed by atoms with E-state index in [1.165, 1.54) is 17.7 Å². The summed E-state index contributed by atoms with van der Waals surface area (Å²) in [4.78, 5) is 14.6. The number of hydrogen-bond donors (Lipinski definition) is 0. The summed E-state index contributed by atoms with van der Waals surface area (Å²) < 4.78 is 6.97. The van der Waals surface area contributed by atoms with Gasteiger partial charge in [-0.25, -0.2) is 0 Å². The molecule has 0 N–H and O–H groups in total. The van der Waals surface area contributed by atoms with E-state index in [1.807, 2.05) is 23.1 Å². The van der Waals surface area contributed by atoms with Crippen molar-refractivity contribution in [2.45, 2.75) is 42.4 Å². The molecule has 1 saturated heterocycles. The predicted octanol–water partition coefficient (Wildman–Crippen LogP) is 3.95. The maximum Gasteiger partial charge on any atom is 0.224 e. The Morgan fingerprint density at radius 2 is 2.04 bits per heavy atom. The number of ether oxygens (including phenoxy) is 1. The molecule has 2 saturated carbocycles. The van der Waals surface area contributed by atoms with Crippen LogP contribution in [0.1, 0.15) is 31.9 Å². The van der Waals surface area contributed by atoms with E-state index < -0.39 is 0 Å². The maximum absolute atomic E-state index is 12.6. The van der Waals surface area contributed by atoms with Gasteiger partial charge in [0.2, 0.25) is 5.91 Å². The zero-order chi connectivity index (χ0) is 16.6. The van der Waals surface area contributed by atoms with Gasteiger partial charge in [0, 0.05) is 28.4 Å². The molecule has 4 aliphatic rings. The van der Waals surface area contributed by atoms with Gasteiger partial charge >= 0.3 is 0 Å². The first-order valence-corrected chi connectivity index (χ1v) is 10.2. The van der Waals surface area contributed by atoms with E-state index in [0.717, 1.165) is 0 Å². The molecule has 3 nitrogen and oxygen atoms in total. The summed E-state index contributed by atoms with van der Waals surface area (Å²) in [5, 5.41) is 0. The second-order valence-electron chi connectivity index (χ2n) is 7.74. The van der Waals surface area contributed by atoms with Crippen LogP contribution < -0.4 is 0 Å². The lowest BCUT2D eigenvalue weighted by Crippen LogP contribution is -2.40. The molecular formula is C20H22INO2. The molecule has 24 heavy (non-hydrogen) atoms. The van der Waals surface area contributed by atoms with Crippen molar-refractivity contribution < 1.29 is 9.53 Å². The van der Waals surface area contributed by atoms with Crippen molar-refractivity contribution in [2.75, 3.05) is 0 Å². The molecule has 1 aromatic carbocycles. The summed E-state index contributed by atoms with van der Waals surface area (Å²) in [5.41, 5.74) is 2.43. The lowest BCUT2D eigenvalue weighted by molar-refractivity contribution is -0.129. The second-order valence-corrected chi connectivity index (χ2v) is 9.18. The Morgan fingerprint density at radius 3 is 2.75 bits per heavy atom. The van der Waals surface area contributed by atoms with E-state index in [-0.39, 0.29) is 18.1 Å². The first-order valence-electron chi connectivity index (χ1n) is 8.94. The fourth-order valence-corrected chi connectivity index (χ4v) is 7.32. The number of rotatable bonds is 3. The van der Waals surface area contributed by atoms with Gasteiger partial charge in [0.1, 0.15) is 0 Å². The Hall–Kier alpha value is -0.880. The third kappa shape index (κ3) is 1.90. The van der Waals surface area contributed by atoms with Crippen LogP contribution in [0.2, 0.25) is 0 Å². The molecular weight excluding hydrogens is 413 g/mol. The minimum Gasteiger partial charge on any atom is -0.369 e. The topological polar surface area (TPSA) is 29.5 Å². The molecule has 126 valence electrons. The first-order chi connectivity index (χ1) is 11.6. The molecule has 3 fully saturated rings. The van der Waals surface area contributed by atoms with Crippen LogP contribution in [0.25, 0.3) is 0 Å². The van der Waals surface area contributed by atoms with Crippen LogP contribution in [0.5, 0.6) is 0 Å². The molecule has 1 aromatic rings. The molecule has 1 heterocycles. The van der Waals surface area contributed by atoms with Crippen LogP contribution in [0, 0.1) is 23.7 Å². The Kier molecular flexibility index (Phi) is 3.40. The summed E-state index contributed by atoms with van der Waals surface area (Å²) >= 11 is 2.60. The van der Waals surface area contributed by atoms with E-state index in [0.29, 0.717) is 33.7 Å². The lowest BCUT2D eigenvalue weighted by Gasteiger charge is -2.37. The van der Waals surface area contributed by atoms with Crippen molar-refractivity contribution in [1.82, 2.24) is 4.90 Å². The molecule has 1 amide bonds. The van der Waals surface area contributed by atoms with Crippen LogP contribution in [0.15, 0.2) is 42.1 Å². The van der Waals surface area contributed by atoms with Gasteiger partial charge in [0.25, 0.3) is 0 Å². The third-order valence-corrected chi connectivity index (χ3v) is 8.35. The van der Waals surface area contributed by atoms with Crippen LogP contribution in [0.4, 0.5) is 0 Å². The minimum absolute atomic E-state index is 0.0661. The van der Waals surface area contributed by atoms with Crippen molar-refractivity contribution in [1.29, 1.82) is 0 Å². The fraction of sp³-hybridized carbons (Fsp3) is 0.550. The summed E-state index contributed by atoms with van der Waals surface area (Å²) in [6.45, 7) is 3.84. The average Bonchev–Trinajstić information content (AvgIpc) is 3.25. The van der Waals surface area contributed by atoms with Gasteiger partial charge < -0.3 is 9.64 Å². The highest BCUT2D eigenvalue weighted by atomic mass is 127. The average molecular weight is 435 g/mol. The number of halogens is 1. The van der Waals surface area contributed by atoms with Gasteiger partial charge in [-0.05, 0) is 36.8 Å². The number of hydrogen-bond acceptors (Lipinski definition) is 2. The molecule has 0 radical (unpaired) electrons. The minimum atomic E-state index is 0.0661. The molecule has 0 aromatic heterocycles. The summed E-state index contributed by atoms with van der Waals surface area (Å²) in [6.07, 6.45) is 4.25. The third-order valence-electron chi connectivity index (χ3n) is 6.72. The molecule has 1 aliphatic heterocycles. The zero-order valence-corrected chi connectivity index (χ0v) is 16.1. The molecule has 0 spiro atoms. The summed E-state index contributed by atoms with van der Waals surface area (Å²) in [7, 11) is 0. The van der Waals surface area contributed by atoms with Gasteiger partial charge in [0.15, 0.2) is 0 Å². The van der Waals surface area contributed by atoms with Crippen LogP contribution >= 0.6 is 22.6 Å². The quantitative estimate of drug-likeness (QED) is 0.532. The standard InChI is InChI=1S/C20H22INO2/c1-10(12-6-4-3-5-7-12)22(11(2)23)15-9-16-18-14-8-13(17(15)18)19(21)20(14)24-16/h3-7,9-10,13-14,16-20H,8H2,1-2H3/t10-,13+,14-,16+,17-,18+,19+,20+/m1/s1. The van der Waals surface area contributed by atoms with Gasteiger partial charge in [-0.1, -0.05) is 52.9 Å². The highest BCUT2D eigenvalue weighted by Gasteiger charge is 2.68. The molecule has 8 atom stereocenters. The second kappa shape index (κ2) is 5.31. The van der Waals surface area contributed by atoms with Gasteiger partial charge in [0.05, 0.1) is 18.2 Å². The van der Waals surface area contributed by atoms with Crippen molar-refractivity contribution in [2.24, 2.45) is 23.7 Å². The van der Waals surface area contributed by atoms with Crippen molar-refractivity contribution in [3.05, 3.63) is 47.7 Å². The van der Waals surface area contributed by atoms with Gasteiger partial charge in [-0.2, -0.15) is 0 Å². The first kappa shape index (κ1) is 15.4. The number of fused-ring (bicyclic) bond motifs is 2. The number of nitrogens with zero attached hydrogens (tertiary/aromatic N) is 1. The SMILES string of the molecule is CC(=O)N(C1=C[C@@H]2O[C@@H]3[C@@H](I)[C@H]4C[C@@H]3[C@@H]2[C@@H]14)[C@H](C)c1ccccc1. The predicted molar refractivity (Wildman–Crippen MR) is 101 cm³/mol. The number of benzene rings is 1. The monoisotopic (exact) mass is 435 g/mol. The summed E-state index contributed by atoms with van der Waals surface area (Å²) in [5.74, 6) is 2.65. The Bertz CT molecular complexity index is 718. The van der Waals surface area contributed by atoms with Crippen LogP contribution in [-0.4, -0.2) is 26.9 Å².